The van der Waals surface area contributed by atoms with Gasteiger partial charge in [-0.05, 0) is 25.3 Å². The van der Waals surface area contributed by atoms with E-state index >= 15 is 0 Å². The van der Waals surface area contributed by atoms with Crippen LogP contribution in [0.4, 0.5) is 0 Å². The molecule has 1 aromatic carbocycles. The minimum absolute atomic E-state index is 0.0220. The number of benzene rings is 1. The molecule has 0 saturated carbocycles. The predicted octanol–water partition coefficient (Wildman–Crippen LogP) is 2.73. The molecule has 5 nitrogen and oxygen atoms in total. The lowest BCUT2D eigenvalue weighted by Crippen LogP contribution is -2.40. The Morgan fingerprint density at radius 1 is 1.08 bits per heavy atom. The maximum Gasteiger partial charge on any atom is 0.224 e. The van der Waals surface area contributed by atoms with Crippen LogP contribution < -0.4 is 0 Å². The van der Waals surface area contributed by atoms with E-state index in [2.05, 4.69) is 0 Å². The first-order valence-corrected chi connectivity index (χ1v) is 10.2. The zero-order valence-corrected chi connectivity index (χ0v) is 16.2. The summed E-state index contributed by atoms with van der Waals surface area (Å²) < 4.78 is 25.1. The number of rotatable bonds is 9. The fraction of sp³-hybridized carbons (Fsp3) is 0.611. The standard InChI is InChI=1S/C18H30N2O3S/c1-15(2)13-19(24(5,22)23)12-11-18(21)20(16(3)4)14-17-9-7-6-8-10-17/h6-10,15-16H,11-14H2,1-5H3. The summed E-state index contributed by atoms with van der Waals surface area (Å²) in [6.45, 7) is 9.10. The molecule has 136 valence electrons. The normalized spacial score (nSPS) is 12.2. The van der Waals surface area contributed by atoms with Crippen LogP contribution >= 0.6 is 0 Å². The lowest BCUT2D eigenvalue weighted by atomic mass is 10.1. The number of sulfonamides is 1. The third-order valence-electron chi connectivity index (χ3n) is 3.75. The summed E-state index contributed by atoms with van der Waals surface area (Å²) >= 11 is 0. The second kappa shape index (κ2) is 9.18. The van der Waals surface area contributed by atoms with Crippen molar-refractivity contribution in [3.63, 3.8) is 0 Å². The maximum absolute atomic E-state index is 12.6. The lowest BCUT2D eigenvalue weighted by Gasteiger charge is -2.28. The summed E-state index contributed by atoms with van der Waals surface area (Å²) in [6, 6.07) is 9.89. The van der Waals surface area contributed by atoms with Crippen molar-refractivity contribution in [1.29, 1.82) is 0 Å². The summed E-state index contributed by atoms with van der Waals surface area (Å²) in [5.74, 6) is 0.201. The van der Waals surface area contributed by atoms with Gasteiger partial charge in [-0.2, -0.15) is 0 Å². The average molecular weight is 355 g/mol. The monoisotopic (exact) mass is 354 g/mol. The molecule has 0 unspecified atom stereocenters. The van der Waals surface area contributed by atoms with Crippen LogP contribution in [0.1, 0.15) is 39.7 Å². The highest BCUT2D eigenvalue weighted by Crippen LogP contribution is 2.12. The Morgan fingerprint density at radius 2 is 1.67 bits per heavy atom. The van der Waals surface area contributed by atoms with Crippen LogP contribution in [0.2, 0.25) is 0 Å². The third kappa shape index (κ3) is 7.01. The van der Waals surface area contributed by atoms with Gasteiger partial charge in [-0.25, -0.2) is 12.7 Å². The summed E-state index contributed by atoms with van der Waals surface area (Å²) in [5, 5.41) is 0. The molecule has 0 aromatic heterocycles. The van der Waals surface area contributed by atoms with Gasteiger partial charge in [0.1, 0.15) is 0 Å². The molecule has 24 heavy (non-hydrogen) atoms. The van der Waals surface area contributed by atoms with E-state index in [4.69, 9.17) is 0 Å². The molecule has 6 heteroatoms. The van der Waals surface area contributed by atoms with Crippen LogP contribution in [0.5, 0.6) is 0 Å². The van der Waals surface area contributed by atoms with Gasteiger partial charge < -0.3 is 4.90 Å². The molecule has 1 aromatic rings. The first-order valence-electron chi connectivity index (χ1n) is 8.39. The molecule has 0 fully saturated rings. The van der Waals surface area contributed by atoms with Gasteiger partial charge in [0.2, 0.25) is 15.9 Å². The summed E-state index contributed by atoms with van der Waals surface area (Å²) in [6.07, 6.45) is 1.40. The molecule has 1 rings (SSSR count). The van der Waals surface area contributed by atoms with Crippen LogP contribution in [0.3, 0.4) is 0 Å². The van der Waals surface area contributed by atoms with Gasteiger partial charge in [-0.3, -0.25) is 4.79 Å². The molecule has 0 bridgehead atoms. The van der Waals surface area contributed by atoms with Gasteiger partial charge >= 0.3 is 0 Å². The number of carbonyl (C=O) groups is 1. The molecule has 1 amide bonds. The van der Waals surface area contributed by atoms with Crippen LogP contribution in [0.15, 0.2) is 30.3 Å². The Bertz CT molecular complexity index is 612. The first-order chi connectivity index (χ1) is 11.1. The van der Waals surface area contributed by atoms with E-state index in [1.165, 1.54) is 10.6 Å². The highest BCUT2D eigenvalue weighted by atomic mass is 32.2. The minimum Gasteiger partial charge on any atom is -0.336 e. The van der Waals surface area contributed by atoms with Gasteiger partial charge in [0.25, 0.3) is 0 Å². The maximum atomic E-state index is 12.6. The highest BCUT2D eigenvalue weighted by molar-refractivity contribution is 7.88. The topological polar surface area (TPSA) is 57.7 Å². The summed E-state index contributed by atoms with van der Waals surface area (Å²) in [4.78, 5) is 14.4. The van der Waals surface area contributed by atoms with Crippen molar-refractivity contribution in [2.75, 3.05) is 19.3 Å². The van der Waals surface area contributed by atoms with Crippen molar-refractivity contribution < 1.29 is 13.2 Å². The molecule has 0 saturated heterocycles. The Morgan fingerprint density at radius 3 is 2.12 bits per heavy atom. The summed E-state index contributed by atoms with van der Waals surface area (Å²) in [5.41, 5.74) is 1.07. The van der Waals surface area contributed by atoms with E-state index in [1.807, 2.05) is 58.0 Å². The van der Waals surface area contributed by atoms with Gasteiger partial charge in [-0.1, -0.05) is 44.2 Å². The number of hydrogen-bond acceptors (Lipinski definition) is 3. The number of amides is 1. The lowest BCUT2D eigenvalue weighted by molar-refractivity contribution is -0.133. The zero-order valence-electron chi connectivity index (χ0n) is 15.4. The minimum atomic E-state index is -3.30. The van der Waals surface area contributed by atoms with Gasteiger partial charge in [0.15, 0.2) is 0 Å². The van der Waals surface area contributed by atoms with E-state index < -0.39 is 10.0 Å². The Kier molecular flexibility index (Phi) is 7.90. The number of nitrogens with zero attached hydrogens (tertiary/aromatic N) is 2. The van der Waals surface area contributed by atoms with Crippen molar-refractivity contribution in [3.8, 4) is 0 Å². The van der Waals surface area contributed by atoms with Crippen LogP contribution in [0.25, 0.3) is 0 Å². The third-order valence-corrected chi connectivity index (χ3v) is 5.02. The Labute approximate surface area is 146 Å². The predicted molar refractivity (Wildman–Crippen MR) is 98.0 cm³/mol. The van der Waals surface area contributed by atoms with Crippen LogP contribution in [-0.4, -0.2) is 48.9 Å². The van der Waals surface area contributed by atoms with Crippen molar-refractivity contribution in [3.05, 3.63) is 35.9 Å². The average Bonchev–Trinajstić information content (AvgIpc) is 2.48. The SMILES string of the molecule is CC(C)CN(CCC(=O)N(Cc1ccccc1)C(C)C)S(C)(=O)=O. The van der Waals surface area contributed by atoms with Gasteiger partial charge in [0.05, 0.1) is 6.26 Å². The second-order valence-corrected chi connectivity index (χ2v) is 8.85. The molecule has 0 aliphatic carbocycles. The Balaban J connectivity index is 2.74. The largest absolute Gasteiger partial charge is 0.336 e. The van der Waals surface area contributed by atoms with E-state index in [0.29, 0.717) is 13.1 Å². The molecule has 0 N–H and O–H groups in total. The fourth-order valence-corrected chi connectivity index (χ4v) is 3.49. The molecule has 0 aliphatic rings. The number of carbonyl (C=O) groups excluding carboxylic acids is 1. The molecule has 0 spiro atoms. The highest BCUT2D eigenvalue weighted by Gasteiger charge is 2.22. The molecule has 0 aliphatic heterocycles. The van der Waals surface area contributed by atoms with Crippen molar-refractivity contribution in [2.24, 2.45) is 5.92 Å². The van der Waals surface area contributed by atoms with Crippen molar-refractivity contribution >= 4 is 15.9 Å². The van der Waals surface area contributed by atoms with Gasteiger partial charge in [-0.15, -0.1) is 0 Å². The zero-order chi connectivity index (χ0) is 18.3. The smallest absolute Gasteiger partial charge is 0.224 e. The van der Waals surface area contributed by atoms with Crippen LogP contribution in [-0.2, 0) is 21.4 Å². The molecule has 0 atom stereocenters. The van der Waals surface area contributed by atoms with E-state index in [-0.39, 0.29) is 30.8 Å². The second-order valence-electron chi connectivity index (χ2n) is 6.87. The Hall–Kier alpha value is -1.40. The fourth-order valence-electron chi connectivity index (χ4n) is 2.50. The molecule has 0 radical (unpaired) electrons. The molecular formula is C18H30N2O3S. The number of hydrogen-bond donors (Lipinski definition) is 0. The van der Waals surface area contributed by atoms with E-state index in [1.54, 1.807) is 4.90 Å². The summed E-state index contributed by atoms with van der Waals surface area (Å²) in [7, 11) is -3.30. The van der Waals surface area contributed by atoms with Crippen LogP contribution in [0, 0.1) is 5.92 Å². The van der Waals surface area contributed by atoms with Crippen molar-refractivity contribution in [2.45, 2.75) is 46.7 Å². The van der Waals surface area contributed by atoms with Crippen molar-refractivity contribution in [1.82, 2.24) is 9.21 Å². The first kappa shape index (κ1) is 20.6. The van der Waals surface area contributed by atoms with Gasteiger partial charge in [0, 0.05) is 32.1 Å². The van der Waals surface area contributed by atoms with E-state index in [0.717, 1.165) is 5.56 Å². The quantitative estimate of drug-likeness (QED) is 0.685. The van der Waals surface area contributed by atoms with E-state index in [9.17, 15) is 13.2 Å². The molecular weight excluding hydrogens is 324 g/mol. The molecule has 0 heterocycles.